The highest BCUT2D eigenvalue weighted by Gasteiger charge is 2.20. The molecule has 0 unspecified atom stereocenters. The van der Waals surface area contributed by atoms with Crippen LogP contribution in [0.4, 0.5) is 0 Å². The van der Waals surface area contributed by atoms with Crippen molar-refractivity contribution in [2.75, 3.05) is 13.1 Å². The van der Waals surface area contributed by atoms with Crippen molar-refractivity contribution in [1.82, 2.24) is 19.1 Å². The lowest BCUT2D eigenvalue weighted by molar-refractivity contribution is -0.131. The number of nitrogens with zero attached hydrogens (tertiary/aromatic N) is 4. The smallest absolute Gasteiger partial charge is 0.337 e. The quantitative estimate of drug-likeness (QED) is 0.546. The lowest BCUT2D eigenvalue weighted by Crippen LogP contribution is -2.39. The molecule has 0 atom stereocenters. The number of fused-ring (bicyclic) bond motifs is 2. The molecular weight excluding hydrogens is 364 g/mol. The number of carbonyl (C=O) groups excluding carboxylic acids is 1. The van der Waals surface area contributed by atoms with Crippen molar-refractivity contribution in [2.24, 2.45) is 0 Å². The third kappa shape index (κ3) is 3.12. The summed E-state index contributed by atoms with van der Waals surface area (Å²) in [6, 6.07) is 20.0. The van der Waals surface area contributed by atoms with Gasteiger partial charge in [-0.15, -0.1) is 5.10 Å². The molecule has 1 aliphatic heterocycles. The Kier molecular flexibility index (Phi) is 4.24. The minimum atomic E-state index is -0.294. The maximum absolute atomic E-state index is 12.7. The van der Waals surface area contributed by atoms with Gasteiger partial charge in [0.2, 0.25) is 5.91 Å². The van der Waals surface area contributed by atoms with Crippen LogP contribution in [0.25, 0.3) is 22.0 Å². The summed E-state index contributed by atoms with van der Waals surface area (Å²) in [5, 5.41) is 6.70. The van der Waals surface area contributed by atoms with E-state index in [4.69, 9.17) is 0 Å². The van der Waals surface area contributed by atoms with E-state index in [1.165, 1.54) is 31.0 Å². The van der Waals surface area contributed by atoms with Gasteiger partial charge < -0.3 is 4.90 Å². The molecule has 0 spiro atoms. The summed E-state index contributed by atoms with van der Waals surface area (Å²) < 4.78 is 2.68. The van der Waals surface area contributed by atoms with Gasteiger partial charge in [-0.3, -0.25) is 9.20 Å². The molecule has 0 fully saturated rings. The van der Waals surface area contributed by atoms with Crippen molar-refractivity contribution in [3.05, 3.63) is 89.0 Å². The summed E-state index contributed by atoms with van der Waals surface area (Å²) in [5.41, 5.74) is 2.74. The van der Waals surface area contributed by atoms with Gasteiger partial charge in [0.05, 0.1) is 0 Å². The number of aromatic nitrogens is 3. The molecule has 2 aromatic heterocycles. The van der Waals surface area contributed by atoms with E-state index in [1.807, 2.05) is 12.1 Å². The first-order chi connectivity index (χ1) is 14.2. The second-order valence-corrected chi connectivity index (χ2v) is 7.21. The maximum Gasteiger partial charge on any atom is 0.350 e. The van der Waals surface area contributed by atoms with Crippen LogP contribution in [0.2, 0.25) is 0 Å². The van der Waals surface area contributed by atoms with E-state index in [1.54, 1.807) is 23.2 Å². The molecule has 0 saturated heterocycles. The number of pyridine rings is 1. The van der Waals surface area contributed by atoms with Crippen LogP contribution >= 0.6 is 0 Å². The minimum absolute atomic E-state index is 0.0437. The number of hydrogen-bond acceptors (Lipinski definition) is 3. The second-order valence-electron chi connectivity index (χ2n) is 7.21. The fourth-order valence-electron chi connectivity index (χ4n) is 3.94. The lowest BCUT2D eigenvalue weighted by Gasteiger charge is -2.27. The SMILES string of the molecule is O=C(Cn1nc2ccccn2c1=O)N1CC=C(c2cccc3ccccc23)CC1. The van der Waals surface area contributed by atoms with E-state index in [-0.39, 0.29) is 18.1 Å². The van der Waals surface area contributed by atoms with Crippen LogP contribution in [0.1, 0.15) is 12.0 Å². The van der Waals surface area contributed by atoms with Crippen molar-refractivity contribution in [2.45, 2.75) is 13.0 Å². The zero-order valence-electron chi connectivity index (χ0n) is 15.9. The number of amides is 1. The van der Waals surface area contributed by atoms with Crippen molar-refractivity contribution in [1.29, 1.82) is 0 Å². The molecule has 6 heteroatoms. The van der Waals surface area contributed by atoms with E-state index >= 15 is 0 Å². The predicted molar refractivity (Wildman–Crippen MR) is 113 cm³/mol. The highest BCUT2D eigenvalue weighted by molar-refractivity contribution is 5.94. The Morgan fingerprint density at radius 3 is 2.66 bits per heavy atom. The Balaban J connectivity index is 1.35. The second kappa shape index (κ2) is 7.05. The van der Waals surface area contributed by atoms with Gasteiger partial charge in [-0.25, -0.2) is 9.48 Å². The van der Waals surface area contributed by atoms with Gasteiger partial charge in [0.25, 0.3) is 0 Å². The summed E-state index contributed by atoms with van der Waals surface area (Å²) in [5.74, 6) is -0.0938. The first-order valence-corrected chi connectivity index (χ1v) is 9.70. The first-order valence-electron chi connectivity index (χ1n) is 9.70. The Bertz CT molecular complexity index is 1310. The van der Waals surface area contributed by atoms with Crippen LogP contribution in [0.5, 0.6) is 0 Å². The predicted octanol–water partition coefficient (Wildman–Crippen LogP) is 2.97. The number of hydrogen-bond donors (Lipinski definition) is 0. The van der Waals surface area contributed by atoms with E-state index < -0.39 is 0 Å². The van der Waals surface area contributed by atoms with Gasteiger partial charge in [0.1, 0.15) is 6.54 Å². The minimum Gasteiger partial charge on any atom is -0.337 e. The number of rotatable bonds is 3. The van der Waals surface area contributed by atoms with E-state index in [9.17, 15) is 9.59 Å². The molecule has 0 N–H and O–H groups in total. The summed E-state index contributed by atoms with van der Waals surface area (Å²) in [4.78, 5) is 26.9. The summed E-state index contributed by atoms with van der Waals surface area (Å²) in [6.45, 7) is 1.13. The lowest BCUT2D eigenvalue weighted by atomic mass is 9.94. The normalized spacial score (nSPS) is 14.3. The molecule has 0 radical (unpaired) electrons. The topological polar surface area (TPSA) is 59.6 Å². The van der Waals surface area contributed by atoms with Crippen LogP contribution in [0, 0.1) is 0 Å². The third-order valence-corrected chi connectivity index (χ3v) is 5.47. The average molecular weight is 384 g/mol. The summed E-state index contributed by atoms with van der Waals surface area (Å²) in [7, 11) is 0. The molecule has 29 heavy (non-hydrogen) atoms. The van der Waals surface area contributed by atoms with E-state index in [2.05, 4.69) is 47.6 Å². The maximum atomic E-state index is 12.7. The number of carbonyl (C=O) groups is 1. The van der Waals surface area contributed by atoms with Gasteiger partial charge in [0, 0.05) is 19.3 Å². The molecule has 1 aliphatic rings. The van der Waals surface area contributed by atoms with Gasteiger partial charge in [-0.05, 0) is 40.5 Å². The van der Waals surface area contributed by atoms with Crippen LogP contribution in [0.15, 0.2) is 77.7 Å². The van der Waals surface area contributed by atoms with Crippen LogP contribution in [-0.4, -0.2) is 38.1 Å². The fourth-order valence-corrected chi connectivity index (χ4v) is 3.94. The standard InChI is InChI=1S/C23H20N4O2/c28-22(16-27-23(29)26-13-4-3-10-21(26)24-27)25-14-11-18(12-15-25)20-9-5-7-17-6-1-2-8-19(17)20/h1-11,13H,12,14-16H2. The van der Waals surface area contributed by atoms with Gasteiger partial charge in [0.15, 0.2) is 5.65 Å². The summed E-state index contributed by atoms with van der Waals surface area (Å²) in [6.07, 6.45) is 4.57. The van der Waals surface area contributed by atoms with Crippen LogP contribution in [-0.2, 0) is 11.3 Å². The Morgan fingerprint density at radius 1 is 1.00 bits per heavy atom. The molecule has 6 nitrogen and oxygen atoms in total. The molecule has 1 amide bonds. The van der Waals surface area contributed by atoms with Crippen molar-refractivity contribution in [3.63, 3.8) is 0 Å². The van der Waals surface area contributed by atoms with Crippen LogP contribution < -0.4 is 5.69 Å². The molecular formula is C23H20N4O2. The fraction of sp³-hybridized carbons (Fsp3) is 0.174. The molecule has 0 saturated carbocycles. The zero-order valence-corrected chi connectivity index (χ0v) is 15.9. The molecule has 4 aromatic rings. The van der Waals surface area contributed by atoms with Gasteiger partial charge >= 0.3 is 5.69 Å². The largest absolute Gasteiger partial charge is 0.350 e. The van der Waals surface area contributed by atoms with E-state index in [0.29, 0.717) is 18.7 Å². The summed E-state index contributed by atoms with van der Waals surface area (Å²) >= 11 is 0. The van der Waals surface area contributed by atoms with Crippen molar-refractivity contribution in [3.8, 4) is 0 Å². The third-order valence-electron chi connectivity index (χ3n) is 5.47. The van der Waals surface area contributed by atoms with Crippen LogP contribution in [0.3, 0.4) is 0 Å². The van der Waals surface area contributed by atoms with E-state index in [0.717, 1.165) is 6.42 Å². The molecule has 144 valence electrons. The molecule has 0 bridgehead atoms. The first kappa shape index (κ1) is 17.4. The Morgan fingerprint density at radius 2 is 1.83 bits per heavy atom. The van der Waals surface area contributed by atoms with Crippen molar-refractivity contribution >= 4 is 27.9 Å². The number of benzene rings is 2. The highest BCUT2D eigenvalue weighted by Crippen LogP contribution is 2.29. The molecule has 0 aliphatic carbocycles. The highest BCUT2D eigenvalue weighted by atomic mass is 16.2. The Labute approximate surface area is 167 Å². The monoisotopic (exact) mass is 384 g/mol. The van der Waals surface area contributed by atoms with Crippen molar-refractivity contribution < 1.29 is 4.79 Å². The van der Waals surface area contributed by atoms with Gasteiger partial charge in [-0.1, -0.05) is 54.6 Å². The molecule has 5 rings (SSSR count). The average Bonchev–Trinajstić information content (AvgIpc) is 3.09. The van der Waals surface area contributed by atoms with Gasteiger partial charge in [-0.2, -0.15) is 0 Å². The Hall–Kier alpha value is -3.67. The molecule has 2 aromatic carbocycles. The molecule has 3 heterocycles. The zero-order chi connectivity index (χ0) is 19.8.